The number of carbonyl (C=O) groups excluding carboxylic acids is 1. The second kappa shape index (κ2) is 8.68. The monoisotopic (exact) mass is 344 g/mol. The first-order valence-electron chi connectivity index (χ1n) is 9.69. The van der Waals surface area contributed by atoms with Crippen LogP contribution in [0.15, 0.2) is 24.3 Å². The number of rotatable bonds is 5. The predicted molar refractivity (Wildman–Crippen MR) is 103 cm³/mol. The summed E-state index contributed by atoms with van der Waals surface area (Å²) in [6.45, 7) is 7.12. The Morgan fingerprint density at radius 3 is 2.56 bits per heavy atom. The zero-order chi connectivity index (χ0) is 17.6. The fourth-order valence-corrected chi connectivity index (χ4v) is 3.88. The summed E-state index contributed by atoms with van der Waals surface area (Å²) in [5.41, 5.74) is 8.54. The highest BCUT2D eigenvalue weighted by Crippen LogP contribution is 2.18. The summed E-state index contributed by atoms with van der Waals surface area (Å²) in [7, 11) is 0. The van der Waals surface area contributed by atoms with Crippen molar-refractivity contribution in [3.63, 3.8) is 0 Å². The minimum atomic E-state index is 0.196. The van der Waals surface area contributed by atoms with Crippen LogP contribution in [0.1, 0.15) is 37.7 Å². The van der Waals surface area contributed by atoms with Crippen LogP contribution in [-0.4, -0.2) is 55.6 Å². The van der Waals surface area contributed by atoms with Gasteiger partial charge < -0.3 is 16.0 Å². The standard InChI is InChI=1S/C20H32N4O/c1-16-3-2-4-19(15-16)24-13-11-23(12-14-24)10-9-20(25)22-18-7-5-17(21)6-8-18/h2-4,15,17-18H,5-14,21H2,1H3,(H,22,25). The molecular formula is C20H32N4O. The third kappa shape index (κ3) is 5.44. The van der Waals surface area contributed by atoms with E-state index in [2.05, 4.69) is 46.3 Å². The van der Waals surface area contributed by atoms with Crippen molar-refractivity contribution < 1.29 is 4.79 Å². The summed E-state index contributed by atoms with van der Waals surface area (Å²) in [4.78, 5) is 17.0. The lowest BCUT2D eigenvalue weighted by Crippen LogP contribution is -2.47. The first-order chi connectivity index (χ1) is 12.1. The maximum Gasteiger partial charge on any atom is 0.221 e. The van der Waals surface area contributed by atoms with Gasteiger partial charge in [-0.25, -0.2) is 0 Å². The van der Waals surface area contributed by atoms with Crippen LogP contribution in [0.4, 0.5) is 5.69 Å². The predicted octanol–water partition coefficient (Wildman–Crippen LogP) is 1.89. The minimum absolute atomic E-state index is 0.196. The molecule has 1 aromatic carbocycles. The van der Waals surface area contributed by atoms with Crippen LogP contribution in [0, 0.1) is 6.92 Å². The van der Waals surface area contributed by atoms with E-state index in [1.807, 2.05) is 0 Å². The Morgan fingerprint density at radius 2 is 1.88 bits per heavy atom. The number of amides is 1. The Hall–Kier alpha value is -1.59. The van der Waals surface area contributed by atoms with Gasteiger partial charge >= 0.3 is 0 Å². The molecule has 5 nitrogen and oxygen atoms in total. The number of benzene rings is 1. The second-order valence-corrected chi connectivity index (χ2v) is 7.60. The molecule has 1 saturated carbocycles. The molecule has 1 heterocycles. The molecule has 2 fully saturated rings. The van der Waals surface area contributed by atoms with Crippen molar-refractivity contribution >= 4 is 11.6 Å². The molecule has 1 aliphatic carbocycles. The van der Waals surface area contributed by atoms with Gasteiger partial charge in [-0.2, -0.15) is 0 Å². The number of nitrogens with two attached hydrogens (primary N) is 1. The first kappa shape index (κ1) is 18.2. The zero-order valence-corrected chi connectivity index (χ0v) is 15.4. The third-order valence-electron chi connectivity index (χ3n) is 5.53. The molecule has 0 spiro atoms. The van der Waals surface area contributed by atoms with E-state index in [1.165, 1.54) is 11.3 Å². The quantitative estimate of drug-likeness (QED) is 0.856. The van der Waals surface area contributed by atoms with E-state index in [9.17, 15) is 4.79 Å². The number of anilines is 1. The summed E-state index contributed by atoms with van der Waals surface area (Å²) in [5.74, 6) is 0.196. The van der Waals surface area contributed by atoms with Gasteiger partial charge in [0.2, 0.25) is 5.91 Å². The molecule has 0 radical (unpaired) electrons. The lowest BCUT2D eigenvalue weighted by atomic mass is 9.92. The Bertz CT molecular complexity index is 561. The van der Waals surface area contributed by atoms with E-state index < -0.39 is 0 Å². The van der Waals surface area contributed by atoms with Crippen LogP contribution in [0.3, 0.4) is 0 Å². The topological polar surface area (TPSA) is 61.6 Å². The van der Waals surface area contributed by atoms with Crippen LogP contribution < -0.4 is 16.0 Å². The maximum absolute atomic E-state index is 12.2. The van der Waals surface area contributed by atoms with Crippen molar-refractivity contribution in [2.75, 3.05) is 37.6 Å². The van der Waals surface area contributed by atoms with Crippen molar-refractivity contribution in [1.29, 1.82) is 0 Å². The van der Waals surface area contributed by atoms with E-state index in [-0.39, 0.29) is 5.91 Å². The summed E-state index contributed by atoms with van der Waals surface area (Å²) in [6, 6.07) is 9.37. The molecule has 1 amide bonds. The number of nitrogens with one attached hydrogen (secondary N) is 1. The normalized spacial score (nSPS) is 25.0. The molecule has 5 heteroatoms. The van der Waals surface area contributed by atoms with E-state index in [4.69, 9.17) is 5.73 Å². The zero-order valence-electron chi connectivity index (χ0n) is 15.4. The molecule has 3 rings (SSSR count). The lowest BCUT2D eigenvalue weighted by Gasteiger charge is -2.36. The van der Waals surface area contributed by atoms with E-state index in [0.29, 0.717) is 18.5 Å². The maximum atomic E-state index is 12.2. The highest BCUT2D eigenvalue weighted by molar-refractivity contribution is 5.76. The summed E-state index contributed by atoms with van der Waals surface area (Å²) in [5, 5.41) is 3.19. The molecule has 1 aliphatic heterocycles. The smallest absolute Gasteiger partial charge is 0.221 e. The van der Waals surface area contributed by atoms with Gasteiger partial charge in [-0.05, 0) is 50.3 Å². The van der Waals surface area contributed by atoms with Crippen molar-refractivity contribution in [3.05, 3.63) is 29.8 Å². The van der Waals surface area contributed by atoms with Crippen LogP contribution in [0.25, 0.3) is 0 Å². The summed E-state index contributed by atoms with van der Waals surface area (Å²) < 4.78 is 0. The van der Waals surface area contributed by atoms with Crippen LogP contribution >= 0.6 is 0 Å². The SMILES string of the molecule is Cc1cccc(N2CCN(CCC(=O)NC3CCC(N)CC3)CC2)c1. The summed E-state index contributed by atoms with van der Waals surface area (Å²) >= 11 is 0. The molecule has 0 unspecified atom stereocenters. The number of hydrogen-bond acceptors (Lipinski definition) is 4. The average Bonchev–Trinajstić information content (AvgIpc) is 2.62. The van der Waals surface area contributed by atoms with Gasteiger partial charge in [-0.1, -0.05) is 12.1 Å². The number of hydrogen-bond donors (Lipinski definition) is 2. The fourth-order valence-electron chi connectivity index (χ4n) is 3.88. The van der Waals surface area contributed by atoms with Gasteiger partial charge in [0, 0.05) is 56.9 Å². The molecule has 0 atom stereocenters. The van der Waals surface area contributed by atoms with Gasteiger partial charge in [0.05, 0.1) is 0 Å². The van der Waals surface area contributed by atoms with Crippen LogP contribution in [-0.2, 0) is 4.79 Å². The molecule has 1 aromatic rings. The molecule has 2 aliphatic rings. The van der Waals surface area contributed by atoms with Crippen LogP contribution in [0.2, 0.25) is 0 Å². The van der Waals surface area contributed by atoms with Crippen molar-refractivity contribution in [2.24, 2.45) is 5.73 Å². The van der Waals surface area contributed by atoms with E-state index in [0.717, 1.165) is 58.4 Å². The minimum Gasteiger partial charge on any atom is -0.369 e. The fraction of sp³-hybridized carbons (Fsp3) is 0.650. The number of aryl methyl sites for hydroxylation is 1. The van der Waals surface area contributed by atoms with Crippen molar-refractivity contribution in [1.82, 2.24) is 10.2 Å². The van der Waals surface area contributed by atoms with Gasteiger partial charge in [0.15, 0.2) is 0 Å². The number of piperazine rings is 1. The highest BCUT2D eigenvalue weighted by atomic mass is 16.1. The van der Waals surface area contributed by atoms with E-state index >= 15 is 0 Å². The Morgan fingerprint density at radius 1 is 1.16 bits per heavy atom. The molecular weight excluding hydrogens is 312 g/mol. The third-order valence-corrected chi connectivity index (χ3v) is 5.53. The van der Waals surface area contributed by atoms with Gasteiger partial charge in [-0.3, -0.25) is 9.69 Å². The number of carbonyl (C=O) groups is 1. The first-order valence-corrected chi connectivity index (χ1v) is 9.69. The average molecular weight is 345 g/mol. The van der Waals surface area contributed by atoms with Gasteiger partial charge in [-0.15, -0.1) is 0 Å². The van der Waals surface area contributed by atoms with Gasteiger partial charge in [0.25, 0.3) is 0 Å². The van der Waals surface area contributed by atoms with Crippen molar-refractivity contribution in [3.8, 4) is 0 Å². The van der Waals surface area contributed by atoms with E-state index in [1.54, 1.807) is 0 Å². The Labute approximate surface area is 151 Å². The Balaban J connectivity index is 1.35. The molecule has 0 bridgehead atoms. The highest BCUT2D eigenvalue weighted by Gasteiger charge is 2.21. The van der Waals surface area contributed by atoms with Crippen molar-refractivity contribution in [2.45, 2.75) is 51.1 Å². The molecule has 3 N–H and O–H groups in total. The molecule has 1 saturated heterocycles. The lowest BCUT2D eigenvalue weighted by molar-refractivity contribution is -0.122. The van der Waals surface area contributed by atoms with Crippen LogP contribution in [0.5, 0.6) is 0 Å². The van der Waals surface area contributed by atoms with Gasteiger partial charge in [0.1, 0.15) is 0 Å². The summed E-state index contributed by atoms with van der Waals surface area (Å²) in [6.07, 6.45) is 4.73. The Kier molecular flexibility index (Phi) is 6.32. The molecule has 0 aromatic heterocycles. The second-order valence-electron chi connectivity index (χ2n) is 7.60. The largest absolute Gasteiger partial charge is 0.369 e. The molecule has 138 valence electrons. The molecule has 25 heavy (non-hydrogen) atoms. The number of nitrogens with zero attached hydrogens (tertiary/aromatic N) is 2.